The van der Waals surface area contributed by atoms with Crippen LogP contribution in [0.3, 0.4) is 0 Å². The van der Waals surface area contributed by atoms with Crippen molar-refractivity contribution in [2.75, 3.05) is 23.7 Å². The van der Waals surface area contributed by atoms with Crippen LogP contribution < -0.4 is 14.4 Å². The van der Waals surface area contributed by atoms with Crippen molar-refractivity contribution >= 4 is 27.5 Å². The Morgan fingerprint density at radius 1 is 1.06 bits per heavy atom. The molecule has 2 amide bonds. The predicted molar refractivity (Wildman–Crippen MR) is 134 cm³/mol. The van der Waals surface area contributed by atoms with Gasteiger partial charge in [0.1, 0.15) is 24.2 Å². The van der Waals surface area contributed by atoms with Gasteiger partial charge >= 0.3 is 0 Å². The fourth-order valence-electron chi connectivity index (χ4n) is 3.35. The zero-order valence-corrected chi connectivity index (χ0v) is 21.6. The number of amides is 2. The number of ether oxygens (including phenoxy) is 1. The molecule has 0 aliphatic rings. The van der Waals surface area contributed by atoms with E-state index >= 15 is 0 Å². The van der Waals surface area contributed by atoms with Gasteiger partial charge in [0.25, 0.3) is 0 Å². The maximum atomic E-state index is 14.4. The highest BCUT2D eigenvalue weighted by Crippen LogP contribution is 2.23. The van der Waals surface area contributed by atoms with Gasteiger partial charge < -0.3 is 15.0 Å². The van der Waals surface area contributed by atoms with Gasteiger partial charge in [0.05, 0.1) is 18.6 Å². The lowest BCUT2D eigenvalue weighted by molar-refractivity contribution is -0.139. The van der Waals surface area contributed by atoms with Crippen LogP contribution in [0.1, 0.15) is 39.7 Å². The molecule has 0 bridgehead atoms. The largest absolute Gasteiger partial charge is 0.494 e. The average Bonchev–Trinajstić information content (AvgIpc) is 2.81. The first-order valence-corrected chi connectivity index (χ1v) is 13.4. The van der Waals surface area contributed by atoms with Crippen molar-refractivity contribution in [1.29, 1.82) is 0 Å². The molecule has 10 heteroatoms. The molecule has 0 heterocycles. The smallest absolute Gasteiger partial charge is 0.244 e. The minimum Gasteiger partial charge on any atom is -0.494 e. The highest BCUT2D eigenvalue weighted by molar-refractivity contribution is 7.92. The zero-order chi connectivity index (χ0) is 26.2. The number of benzene rings is 2. The molecule has 0 saturated carbocycles. The SMILES string of the molecule is CCOc1ccc(N(CC(=O)N(Cc2ccccc2F)[C@H](C)C(=O)N[C@H](C)CC)S(C)(=O)=O)cc1. The van der Waals surface area contributed by atoms with Crippen molar-refractivity contribution in [3.05, 3.63) is 59.9 Å². The molecule has 0 spiro atoms. The fourth-order valence-corrected chi connectivity index (χ4v) is 4.20. The third-order valence-corrected chi connectivity index (χ3v) is 6.72. The van der Waals surface area contributed by atoms with E-state index in [4.69, 9.17) is 4.74 Å². The van der Waals surface area contributed by atoms with Gasteiger partial charge in [0.2, 0.25) is 21.8 Å². The lowest BCUT2D eigenvalue weighted by Crippen LogP contribution is -2.52. The minimum atomic E-state index is -3.85. The number of sulfonamides is 1. The van der Waals surface area contributed by atoms with Crippen molar-refractivity contribution in [3.63, 3.8) is 0 Å². The Hall–Kier alpha value is -3.14. The first kappa shape index (κ1) is 28.1. The number of rotatable bonds is 12. The molecule has 2 aromatic rings. The van der Waals surface area contributed by atoms with E-state index in [0.717, 1.165) is 10.6 Å². The van der Waals surface area contributed by atoms with E-state index in [1.54, 1.807) is 30.3 Å². The Bertz CT molecular complexity index is 1110. The molecule has 0 unspecified atom stereocenters. The summed E-state index contributed by atoms with van der Waals surface area (Å²) < 4.78 is 45.9. The third-order valence-electron chi connectivity index (χ3n) is 5.58. The zero-order valence-electron chi connectivity index (χ0n) is 20.8. The summed E-state index contributed by atoms with van der Waals surface area (Å²) in [5, 5.41) is 2.83. The molecule has 0 fully saturated rings. The van der Waals surface area contributed by atoms with Crippen molar-refractivity contribution in [3.8, 4) is 5.75 Å². The monoisotopic (exact) mass is 507 g/mol. The Morgan fingerprint density at radius 3 is 2.23 bits per heavy atom. The topological polar surface area (TPSA) is 96.0 Å². The molecule has 2 atom stereocenters. The standard InChI is InChI=1S/C25H34FN3O5S/c1-6-18(3)27-25(31)19(4)28(16-20-10-8-9-11-23(20)26)24(30)17-29(35(5,32)33)21-12-14-22(15-13-21)34-7-2/h8-15,18-19H,6-7,16-17H2,1-5H3,(H,27,31)/t18-,19-/m1/s1. The van der Waals surface area contributed by atoms with Gasteiger partial charge in [-0.2, -0.15) is 0 Å². The Balaban J connectivity index is 2.38. The van der Waals surface area contributed by atoms with Crippen molar-refractivity contribution in [1.82, 2.24) is 10.2 Å². The number of halogens is 1. The van der Waals surface area contributed by atoms with Crippen molar-refractivity contribution in [2.45, 2.75) is 52.7 Å². The highest BCUT2D eigenvalue weighted by atomic mass is 32.2. The molecule has 1 N–H and O–H groups in total. The van der Waals surface area contributed by atoms with Gasteiger partial charge in [0.15, 0.2) is 0 Å². The summed E-state index contributed by atoms with van der Waals surface area (Å²) in [5.74, 6) is -1.01. The molecule has 0 aliphatic carbocycles. The van der Waals surface area contributed by atoms with Crippen molar-refractivity contribution < 1.29 is 27.1 Å². The second-order valence-corrected chi connectivity index (χ2v) is 10.2. The van der Waals surface area contributed by atoms with Crippen molar-refractivity contribution in [2.24, 2.45) is 0 Å². The first-order valence-electron chi connectivity index (χ1n) is 11.5. The maximum absolute atomic E-state index is 14.4. The molecule has 0 aromatic heterocycles. The number of carbonyl (C=O) groups is 2. The van der Waals surface area contributed by atoms with Crippen LogP contribution in [0.15, 0.2) is 48.5 Å². The van der Waals surface area contributed by atoms with E-state index in [1.165, 1.54) is 30.0 Å². The summed E-state index contributed by atoms with van der Waals surface area (Å²) in [6.45, 7) is 6.83. The molecular formula is C25H34FN3O5S. The summed E-state index contributed by atoms with van der Waals surface area (Å²) in [6.07, 6.45) is 1.69. The molecule has 8 nitrogen and oxygen atoms in total. The van der Waals surface area contributed by atoms with Gasteiger partial charge in [-0.15, -0.1) is 0 Å². The quantitative estimate of drug-likeness (QED) is 0.476. The van der Waals surface area contributed by atoms with Gasteiger partial charge in [-0.3, -0.25) is 13.9 Å². The van der Waals surface area contributed by atoms with E-state index < -0.39 is 40.2 Å². The molecule has 0 aliphatic heterocycles. The minimum absolute atomic E-state index is 0.119. The van der Waals surface area contributed by atoms with E-state index in [9.17, 15) is 22.4 Å². The normalized spacial score (nSPS) is 13.0. The van der Waals surface area contributed by atoms with E-state index in [-0.39, 0.29) is 23.8 Å². The predicted octanol–water partition coefficient (Wildman–Crippen LogP) is 3.32. The summed E-state index contributed by atoms with van der Waals surface area (Å²) in [4.78, 5) is 27.5. The molecule has 192 valence electrons. The number of anilines is 1. The number of hydrogen-bond donors (Lipinski definition) is 1. The Kier molecular flexibility index (Phi) is 10.1. The molecule has 0 radical (unpaired) electrons. The number of nitrogens with one attached hydrogen (secondary N) is 1. The van der Waals surface area contributed by atoms with Gasteiger partial charge in [0, 0.05) is 18.2 Å². The summed E-state index contributed by atoms with van der Waals surface area (Å²) in [5.41, 5.74) is 0.489. The second-order valence-electron chi connectivity index (χ2n) is 8.30. The summed E-state index contributed by atoms with van der Waals surface area (Å²) >= 11 is 0. The number of carbonyl (C=O) groups excluding carboxylic acids is 2. The Morgan fingerprint density at radius 2 is 1.69 bits per heavy atom. The van der Waals surface area contributed by atoms with Gasteiger partial charge in [-0.05, 0) is 57.5 Å². The molecule has 35 heavy (non-hydrogen) atoms. The Labute approximate surface area is 207 Å². The first-order chi connectivity index (χ1) is 16.5. The van der Waals surface area contributed by atoms with Crippen LogP contribution in [0.2, 0.25) is 0 Å². The van der Waals surface area contributed by atoms with Crippen LogP contribution >= 0.6 is 0 Å². The maximum Gasteiger partial charge on any atom is 0.244 e. The van der Waals surface area contributed by atoms with E-state index in [1.807, 2.05) is 20.8 Å². The highest BCUT2D eigenvalue weighted by Gasteiger charge is 2.31. The average molecular weight is 508 g/mol. The molecule has 2 rings (SSSR count). The summed E-state index contributed by atoms with van der Waals surface area (Å²) in [7, 11) is -3.85. The lowest BCUT2D eigenvalue weighted by Gasteiger charge is -2.32. The molecule has 2 aromatic carbocycles. The number of hydrogen-bond acceptors (Lipinski definition) is 5. The van der Waals surface area contributed by atoms with E-state index in [0.29, 0.717) is 18.8 Å². The van der Waals surface area contributed by atoms with E-state index in [2.05, 4.69) is 5.32 Å². The van der Waals surface area contributed by atoms with Crippen LogP contribution in [-0.4, -0.2) is 56.6 Å². The van der Waals surface area contributed by atoms with Crippen LogP contribution in [0.25, 0.3) is 0 Å². The lowest BCUT2D eigenvalue weighted by atomic mass is 10.1. The van der Waals surface area contributed by atoms with Crippen LogP contribution in [0.4, 0.5) is 10.1 Å². The fraction of sp³-hybridized carbons (Fsp3) is 0.440. The summed E-state index contributed by atoms with van der Waals surface area (Å²) in [6, 6.07) is 11.2. The van der Waals surface area contributed by atoms with Crippen LogP contribution in [0.5, 0.6) is 5.75 Å². The second kappa shape index (κ2) is 12.5. The third kappa shape index (κ3) is 7.95. The van der Waals surface area contributed by atoms with Crippen LogP contribution in [0, 0.1) is 5.82 Å². The number of nitrogens with zero attached hydrogens (tertiary/aromatic N) is 2. The van der Waals surface area contributed by atoms with Gasteiger partial charge in [-0.25, -0.2) is 12.8 Å². The van der Waals surface area contributed by atoms with Gasteiger partial charge in [-0.1, -0.05) is 25.1 Å². The molecular weight excluding hydrogens is 473 g/mol. The van der Waals surface area contributed by atoms with Crippen LogP contribution in [-0.2, 0) is 26.2 Å². The molecule has 0 saturated heterocycles.